The van der Waals surface area contributed by atoms with E-state index in [1.165, 1.54) is 18.3 Å². The fourth-order valence-electron chi connectivity index (χ4n) is 1.94. The fourth-order valence-corrected chi connectivity index (χ4v) is 1.94. The highest BCUT2D eigenvalue weighted by molar-refractivity contribution is 5.87. The van der Waals surface area contributed by atoms with Gasteiger partial charge >= 0.3 is 0 Å². The maximum Gasteiger partial charge on any atom is 0.259 e. The van der Waals surface area contributed by atoms with E-state index in [1.54, 1.807) is 12.1 Å². The molecule has 8 nitrogen and oxygen atoms in total. The van der Waals surface area contributed by atoms with Crippen molar-refractivity contribution in [2.45, 2.75) is 6.92 Å². The minimum atomic E-state index is -0.538. The van der Waals surface area contributed by atoms with E-state index < -0.39 is 11.8 Å². The third kappa shape index (κ3) is 6.16. The second-order valence-corrected chi connectivity index (χ2v) is 5.42. The Morgan fingerprint density at radius 2 is 1.96 bits per heavy atom. The molecule has 0 bridgehead atoms. The van der Waals surface area contributed by atoms with E-state index in [0.717, 1.165) is 11.6 Å². The van der Waals surface area contributed by atoms with Gasteiger partial charge in [0.25, 0.3) is 11.8 Å². The minimum absolute atomic E-state index is 0.0840. The molecule has 0 aliphatic carbocycles. The molecule has 0 aliphatic heterocycles. The van der Waals surface area contributed by atoms with Gasteiger partial charge in [-0.25, -0.2) is 5.43 Å². The molecule has 0 unspecified atom stereocenters. The summed E-state index contributed by atoms with van der Waals surface area (Å²) >= 11 is 0. The van der Waals surface area contributed by atoms with E-state index in [-0.39, 0.29) is 24.7 Å². The van der Waals surface area contributed by atoms with Crippen molar-refractivity contribution in [2.24, 2.45) is 5.10 Å². The number of amides is 2. The number of carbonyl (C=O) groups excluding carboxylic acids is 2. The Morgan fingerprint density at radius 1 is 1.15 bits per heavy atom. The second kappa shape index (κ2) is 9.07. The summed E-state index contributed by atoms with van der Waals surface area (Å²) in [6, 6.07) is 11.2. The summed E-state index contributed by atoms with van der Waals surface area (Å²) in [5.41, 5.74) is 3.54. The Kier molecular flexibility index (Phi) is 6.55. The molecule has 0 saturated carbocycles. The highest BCUT2D eigenvalue weighted by Crippen LogP contribution is 2.20. The van der Waals surface area contributed by atoms with Gasteiger partial charge in [0.1, 0.15) is 17.2 Å². The average molecular weight is 357 g/mol. The molecule has 2 aromatic rings. The first-order chi connectivity index (χ1) is 12.4. The van der Waals surface area contributed by atoms with Gasteiger partial charge in [-0.3, -0.25) is 9.59 Å². The van der Waals surface area contributed by atoms with E-state index in [9.17, 15) is 19.8 Å². The lowest BCUT2D eigenvalue weighted by Gasteiger charge is -2.07. The average Bonchev–Trinajstić information content (AvgIpc) is 2.60. The Hall–Kier alpha value is -3.55. The summed E-state index contributed by atoms with van der Waals surface area (Å²) < 4.78 is 5.32. The van der Waals surface area contributed by atoms with Gasteiger partial charge in [-0.15, -0.1) is 0 Å². The number of nitrogens with zero attached hydrogens (tertiary/aromatic N) is 1. The van der Waals surface area contributed by atoms with Crippen LogP contribution in [0.2, 0.25) is 0 Å². The zero-order chi connectivity index (χ0) is 18.9. The number of ether oxygens (including phenoxy) is 1. The lowest BCUT2D eigenvalue weighted by Crippen LogP contribution is -2.37. The van der Waals surface area contributed by atoms with E-state index >= 15 is 0 Å². The molecule has 4 N–H and O–H groups in total. The number of hydrazone groups is 1. The molecule has 0 aromatic heterocycles. The molecule has 0 fully saturated rings. The third-order valence-corrected chi connectivity index (χ3v) is 3.21. The van der Waals surface area contributed by atoms with Crippen LogP contribution in [-0.2, 0) is 9.59 Å². The van der Waals surface area contributed by atoms with Crippen molar-refractivity contribution in [3.05, 3.63) is 53.6 Å². The SMILES string of the molecule is Cc1cccc(OCC(=O)NCC(=O)N/N=C\c2ccc(O)cc2O)c1. The predicted octanol–water partition coefficient (Wildman–Crippen LogP) is 1.05. The van der Waals surface area contributed by atoms with Crippen molar-refractivity contribution >= 4 is 18.0 Å². The molecular formula is C18H19N3O5. The van der Waals surface area contributed by atoms with Crippen LogP contribution in [0.3, 0.4) is 0 Å². The van der Waals surface area contributed by atoms with Crippen molar-refractivity contribution < 1.29 is 24.5 Å². The summed E-state index contributed by atoms with van der Waals surface area (Å²) in [7, 11) is 0. The largest absolute Gasteiger partial charge is 0.508 e. The number of hydrogen-bond acceptors (Lipinski definition) is 6. The van der Waals surface area contributed by atoms with Gasteiger partial charge in [-0.05, 0) is 36.8 Å². The van der Waals surface area contributed by atoms with Gasteiger partial charge in [0.15, 0.2) is 6.61 Å². The van der Waals surface area contributed by atoms with Crippen LogP contribution >= 0.6 is 0 Å². The standard InChI is InChI=1S/C18H19N3O5/c1-12-3-2-4-15(7-12)26-11-18(25)19-10-17(24)21-20-9-13-5-6-14(22)8-16(13)23/h2-9,22-23H,10-11H2,1H3,(H,19,25)(H,21,24)/b20-9-. The molecule has 2 rings (SSSR count). The normalized spacial score (nSPS) is 10.5. The maximum absolute atomic E-state index is 11.7. The lowest BCUT2D eigenvalue weighted by molar-refractivity contribution is -0.127. The first-order valence-electron chi connectivity index (χ1n) is 7.74. The van der Waals surface area contributed by atoms with Gasteiger partial charge in [0, 0.05) is 11.6 Å². The van der Waals surface area contributed by atoms with E-state index in [2.05, 4.69) is 15.8 Å². The van der Waals surface area contributed by atoms with Gasteiger partial charge in [0.2, 0.25) is 0 Å². The predicted molar refractivity (Wildman–Crippen MR) is 95.2 cm³/mol. The van der Waals surface area contributed by atoms with Gasteiger partial charge in [-0.1, -0.05) is 12.1 Å². The number of carbonyl (C=O) groups is 2. The smallest absolute Gasteiger partial charge is 0.259 e. The zero-order valence-corrected chi connectivity index (χ0v) is 14.1. The number of hydrogen-bond donors (Lipinski definition) is 4. The van der Waals surface area contributed by atoms with Crippen LogP contribution in [0.15, 0.2) is 47.6 Å². The zero-order valence-electron chi connectivity index (χ0n) is 14.1. The summed E-state index contributed by atoms with van der Waals surface area (Å²) in [6.45, 7) is 1.44. The van der Waals surface area contributed by atoms with Gasteiger partial charge < -0.3 is 20.3 Å². The number of aryl methyl sites for hydroxylation is 1. The molecule has 2 aromatic carbocycles. The van der Waals surface area contributed by atoms with Crippen LogP contribution in [0, 0.1) is 6.92 Å². The first-order valence-corrected chi connectivity index (χ1v) is 7.74. The molecule has 0 radical (unpaired) electrons. The Bertz CT molecular complexity index is 820. The molecule has 0 heterocycles. The van der Waals surface area contributed by atoms with Crippen LogP contribution in [0.1, 0.15) is 11.1 Å². The molecular weight excluding hydrogens is 338 g/mol. The van der Waals surface area contributed by atoms with E-state index in [4.69, 9.17) is 4.74 Å². The van der Waals surface area contributed by atoms with Crippen LogP contribution in [0.5, 0.6) is 17.2 Å². The Morgan fingerprint density at radius 3 is 2.69 bits per heavy atom. The Balaban J connectivity index is 1.70. The summed E-state index contributed by atoms with van der Waals surface area (Å²) in [4.78, 5) is 23.3. The van der Waals surface area contributed by atoms with Crippen molar-refractivity contribution in [1.82, 2.24) is 10.7 Å². The van der Waals surface area contributed by atoms with E-state index in [0.29, 0.717) is 11.3 Å². The molecule has 136 valence electrons. The lowest BCUT2D eigenvalue weighted by atomic mass is 10.2. The minimum Gasteiger partial charge on any atom is -0.508 e. The number of nitrogens with one attached hydrogen (secondary N) is 2. The van der Waals surface area contributed by atoms with Crippen LogP contribution < -0.4 is 15.5 Å². The monoisotopic (exact) mass is 357 g/mol. The highest BCUT2D eigenvalue weighted by atomic mass is 16.5. The van der Waals surface area contributed by atoms with E-state index in [1.807, 2.05) is 19.1 Å². The number of rotatable bonds is 7. The van der Waals surface area contributed by atoms with Crippen LogP contribution in [-0.4, -0.2) is 41.4 Å². The molecule has 26 heavy (non-hydrogen) atoms. The van der Waals surface area contributed by atoms with Crippen molar-refractivity contribution in [3.63, 3.8) is 0 Å². The topological polar surface area (TPSA) is 120 Å². The number of aromatic hydroxyl groups is 2. The molecule has 8 heteroatoms. The molecule has 2 amide bonds. The second-order valence-electron chi connectivity index (χ2n) is 5.42. The summed E-state index contributed by atoms with van der Waals surface area (Å²) in [6.07, 6.45) is 1.22. The third-order valence-electron chi connectivity index (χ3n) is 3.21. The Labute approximate surface area is 150 Å². The quantitative estimate of drug-likeness (QED) is 0.436. The van der Waals surface area contributed by atoms with Crippen LogP contribution in [0.25, 0.3) is 0 Å². The van der Waals surface area contributed by atoms with Crippen molar-refractivity contribution in [1.29, 1.82) is 0 Å². The first kappa shape index (κ1) is 18.8. The van der Waals surface area contributed by atoms with Gasteiger partial charge in [-0.2, -0.15) is 5.10 Å². The maximum atomic E-state index is 11.7. The fraction of sp³-hybridized carbons (Fsp3) is 0.167. The number of benzene rings is 2. The molecule has 0 atom stereocenters. The number of phenols is 2. The molecule has 0 aliphatic rings. The summed E-state index contributed by atoms with van der Waals surface area (Å²) in [5, 5.41) is 24.8. The van der Waals surface area contributed by atoms with Crippen molar-refractivity contribution in [3.8, 4) is 17.2 Å². The highest BCUT2D eigenvalue weighted by Gasteiger charge is 2.06. The molecule has 0 spiro atoms. The van der Waals surface area contributed by atoms with Crippen molar-refractivity contribution in [2.75, 3.05) is 13.2 Å². The summed E-state index contributed by atoms with van der Waals surface area (Å²) in [5.74, 6) is -0.669. The van der Waals surface area contributed by atoms with Crippen LogP contribution in [0.4, 0.5) is 0 Å². The number of phenolic OH excluding ortho intramolecular Hbond substituents is 2. The van der Waals surface area contributed by atoms with Gasteiger partial charge in [0.05, 0.1) is 12.8 Å². The molecule has 0 saturated heterocycles.